The lowest BCUT2D eigenvalue weighted by atomic mass is 10.2. The number of sulfonamides is 1. The first-order valence-corrected chi connectivity index (χ1v) is 7.83. The zero-order chi connectivity index (χ0) is 14.9. The Labute approximate surface area is 121 Å². The van der Waals surface area contributed by atoms with E-state index >= 15 is 0 Å². The zero-order valence-electron chi connectivity index (χ0n) is 10.5. The van der Waals surface area contributed by atoms with Gasteiger partial charge in [0, 0.05) is 5.02 Å². The molecule has 0 aromatic heterocycles. The summed E-state index contributed by atoms with van der Waals surface area (Å²) in [5.74, 6) is -0.659. The number of hydrogen-bond donors (Lipinski definition) is 1. The van der Waals surface area contributed by atoms with Crippen LogP contribution in [0.1, 0.15) is 5.56 Å². The van der Waals surface area contributed by atoms with Crippen LogP contribution >= 0.6 is 11.6 Å². The standard InChI is InChI=1S/C11H12ClN3O4S/c1-20(18,19)15-7-10(16)13-11(17)14(15)6-8-2-4-9(12)5-3-8/h2-5H,6-7H2,1H3,(H,13,16,17). The Balaban J connectivity index is 2.28. The topological polar surface area (TPSA) is 86.8 Å². The number of urea groups is 1. The molecule has 3 amide bonds. The number of carbonyl (C=O) groups is 2. The number of hydrazine groups is 1. The summed E-state index contributed by atoms with van der Waals surface area (Å²) in [7, 11) is -3.72. The van der Waals surface area contributed by atoms with Gasteiger partial charge in [-0.2, -0.15) is 0 Å². The van der Waals surface area contributed by atoms with E-state index in [4.69, 9.17) is 11.6 Å². The van der Waals surface area contributed by atoms with Gasteiger partial charge in [-0.15, -0.1) is 4.41 Å². The highest BCUT2D eigenvalue weighted by Gasteiger charge is 2.36. The van der Waals surface area contributed by atoms with Crippen LogP contribution in [0.5, 0.6) is 0 Å². The molecule has 0 spiro atoms. The molecule has 1 aromatic rings. The summed E-state index contributed by atoms with van der Waals surface area (Å²) in [6.45, 7) is -0.401. The van der Waals surface area contributed by atoms with Crippen LogP contribution in [0, 0.1) is 0 Å². The van der Waals surface area contributed by atoms with Crippen LogP contribution in [0.2, 0.25) is 5.02 Å². The quantitative estimate of drug-likeness (QED) is 0.883. The maximum atomic E-state index is 11.8. The fourth-order valence-electron chi connectivity index (χ4n) is 1.74. The van der Waals surface area contributed by atoms with E-state index < -0.39 is 28.5 Å². The molecule has 0 saturated carbocycles. The van der Waals surface area contributed by atoms with Gasteiger partial charge in [-0.3, -0.25) is 10.1 Å². The fourth-order valence-corrected chi connectivity index (χ4v) is 2.71. The molecule has 108 valence electrons. The van der Waals surface area contributed by atoms with Crippen molar-refractivity contribution in [1.82, 2.24) is 14.7 Å². The fraction of sp³-hybridized carbons (Fsp3) is 0.273. The largest absolute Gasteiger partial charge is 0.339 e. The van der Waals surface area contributed by atoms with E-state index in [9.17, 15) is 18.0 Å². The third-order valence-corrected chi connectivity index (χ3v) is 4.00. The van der Waals surface area contributed by atoms with E-state index in [0.717, 1.165) is 15.7 Å². The molecule has 1 heterocycles. The van der Waals surface area contributed by atoms with E-state index in [1.807, 2.05) is 0 Å². The van der Waals surface area contributed by atoms with Crippen molar-refractivity contribution < 1.29 is 18.0 Å². The molecule has 0 unspecified atom stereocenters. The minimum Gasteiger partial charge on any atom is -0.276 e. The minimum atomic E-state index is -3.72. The second-order valence-electron chi connectivity index (χ2n) is 4.28. The lowest BCUT2D eigenvalue weighted by molar-refractivity contribution is -0.125. The van der Waals surface area contributed by atoms with Gasteiger partial charge in [0.25, 0.3) is 0 Å². The smallest absolute Gasteiger partial charge is 0.276 e. The molecule has 0 bridgehead atoms. The van der Waals surface area contributed by atoms with Gasteiger partial charge in [0.15, 0.2) is 0 Å². The van der Waals surface area contributed by atoms with Crippen molar-refractivity contribution in [3.8, 4) is 0 Å². The molecule has 20 heavy (non-hydrogen) atoms. The summed E-state index contributed by atoms with van der Waals surface area (Å²) < 4.78 is 24.1. The highest BCUT2D eigenvalue weighted by atomic mass is 35.5. The molecular formula is C11H12ClN3O4S. The van der Waals surface area contributed by atoms with Crippen molar-refractivity contribution in [1.29, 1.82) is 0 Å². The zero-order valence-corrected chi connectivity index (χ0v) is 12.1. The van der Waals surface area contributed by atoms with Gasteiger partial charge in [-0.05, 0) is 17.7 Å². The maximum Gasteiger partial charge on any atom is 0.339 e. The van der Waals surface area contributed by atoms with E-state index in [-0.39, 0.29) is 6.54 Å². The predicted molar refractivity (Wildman–Crippen MR) is 72.1 cm³/mol. The number of nitrogens with one attached hydrogen (secondary N) is 1. The number of hydrogen-bond acceptors (Lipinski definition) is 4. The highest BCUT2D eigenvalue weighted by Crippen LogP contribution is 2.16. The third-order valence-electron chi connectivity index (χ3n) is 2.66. The highest BCUT2D eigenvalue weighted by molar-refractivity contribution is 7.88. The van der Waals surface area contributed by atoms with Crippen molar-refractivity contribution >= 4 is 33.6 Å². The lowest BCUT2D eigenvalue weighted by Crippen LogP contribution is -2.61. The van der Waals surface area contributed by atoms with E-state index in [1.54, 1.807) is 24.3 Å². The molecule has 1 aliphatic rings. The molecular weight excluding hydrogens is 306 g/mol. The number of amides is 3. The second-order valence-corrected chi connectivity index (χ2v) is 6.60. The van der Waals surface area contributed by atoms with Gasteiger partial charge < -0.3 is 0 Å². The van der Waals surface area contributed by atoms with Gasteiger partial charge in [0.1, 0.15) is 6.54 Å². The number of nitrogens with zero attached hydrogens (tertiary/aromatic N) is 2. The minimum absolute atomic E-state index is 0.0172. The van der Waals surface area contributed by atoms with Crippen molar-refractivity contribution in [2.24, 2.45) is 0 Å². The third kappa shape index (κ3) is 3.27. The monoisotopic (exact) mass is 317 g/mol. The summed E-state index contributed by atoms with van der Waals surface area (Å²) in [5.41, 5.74) is 0.688. The van der Waals surface area contributed by atoms with Crippen LogP contribution in [-0.2, 0) is 21.4 Å². The Bertz CT molecular complexity index is 644. The Morgan fingerprint density at radius 1 is 1.25 bits per heavy atom. The van der Waals surface area contributed by atoms with Gasteiger partial charge in [0.2, 0.25) is 15.9 Å². The molecule has 1 fully saturated rings. The summed E-state index contributed by atoms with van der Waals surface area (Å²) in [6.07, 6.45) is 0.938. The molecule has 1 aromatic carbocycles. The SMILES string of the molecule is CS(=O)(=O)N1CC(=O)NC(=O)N1Cc1ccc(Cl)cc1. The van der Waals surface area contributed by atoms with Gasteiger partial charge in [0.05, 0.1) is 12.8 Å². The number of imide groups is 1. The van der Waals surface area contributed by atoms with Crippen LogP contribution in [0.25, 0.3) is 0 Å². The van der Waals surface area contributed by atoms with E-state index in [0.29, 0.717) is 10.6 Å². The van der Waals surface area contributed by atoms with Crippen molar-refractivity contribution in [3.05, 3.63) is 34.9 Å². The molecule has 0 radical (unpaired) electrons. The van der Waals surface area contributed by atoms with E-state index in [2.05, 4.69) is 5.32 Å². The van der Waals surface area contributed by atoms with Crippen molar-refractivity contribution in [3.63, 3.8) is 0 Å². The summed E-state index contributed by atoms with van der Waals surface area (Å²) >= 11 is 5.76. The van der Waals surface area contributed by atoms with Gasteiger partial charge >= 0.3 is 6.03 Å². The van der Waals surface area contributed by atoms with Gasteiger partial charge in [-0.25, -0.2) is 18.2 Å². The van der Waals surface area contributed by atoms with Crippen LogP contribution in [0.4, 0.5) is 4.79 Å². The van der Waals surface area contributed by atoms with Crippen LogP contribution in [0.3, 0.4) is 0 Å². The summed E-state index contributed by atoms with van der Waals surface area (Å²) in [4.78, 5) is 23.1. The van der Waals surface area contributed by atoms with Crippen LogP contribution in [-0.4, -0.2) is 42.6 Å². The first-order valence-electron chi connectivity index (χ1n) is 5.61. The van der Waals surface area contributed by atoms with Gasteiger partial charge in [-0.1, -0.05) is 23.7 Å². The number of halogens is 1. The Morgan fingerprint density at radius 3 is 2.40 bits per heavy atom. The average molecular weight is 318 g/mol. The molecule has 1 aliphatic heterocycles. The first-order chi connectivity index (χ1) is 9.27. The molecule has 0 aliphatic carbocycles. The number of carbonyl (C=O) groups excluding carboxylic acids is 2. The normalized spacial score (nSPS) is 17.2. The van der Waals surface area contributed by atoms with Crippen LogP contribution in [0.15, 0.2) is 24.3 Å². The predicted octanol–water partition coefficient (Wildman–Crippen LogP) is 0.568. The summed E-state index contributed by atoms with van der Waals surface area (Å²) in [6, 6.07) is 5.84. The molecule has 0 atom stereocenters. The number of rotatable bonds is 3. The Kier molecular flexibility index (Phi) is 3.98. The molecule has 9 heteroatoms. The number of benzene rings is 1. The average Bonchev–Trinajstić information content (AvgIpc) is 2.33. The lowest BCUT2D eigenvalue weighted by Gasteiger charge is -2.35. The molecule has 1 N–H and O–H groups in total. The Morgan fingerprint density at radius 2 is 1.85 bits per heavy atom. The molecule has 7 nitrogen and oxygen atoms in total. The van der Waals surface area contributed by atoms with Crippen molar-refractivity contribution in [2.75, 3.05) is 12.8 Å². The second kappa shape index (κ2) is 5.39. The summed E-state index contributed by atoms with van der Waals surface area (Å²) in [5, 5.41) is 3.59. The first kappa shape index (κ1) is 14.8. The van der Waals surface area contributed by atoms with Crippen LogP contribution < -0.4 is 5.32 Å². The van der Waals surface area contributed by atoms with Crippen molar-refractivity contribution in [2.45, 2.75) is 6.54 Å². The Hall–Kier alpha value is -1.64. The van der Waals surface area contributed by atoms with E-state index in [1.165, 1.54) is 0 Å². The maximum absolute atomic E-state index is 11.8. The molecule has 2 rings (SSSR count). The molecule has 1 saturated heterocycles.